The van der Waals surface area contributed by atoms with Crippen LogP contribution in [0.15, 0.2) is 42.6 Å². The van der Waals surface area contributed by atoms with Gasteiger partial charge in [0, 0.05) is 18.2 Å². The Bertz CT molecular complexity index is 1200. The number of aryl methyl sites for hydroxylation is 1. The fourth-order valence-electron chi connectivity index (χ4n) is 4.04. The molecule has 2 aromatic carbocycles. The third kappa shape index (κ3) is 4.50. The van der Waals surface area contributed by atoms with Crippen molar-refractivity contribution in [3.05, 3.63) is 70.5 Å². The van der Waals surface area contributed by atoms with Gasteiger partial charge >= 0.3 is 0 Å². The smallest absolute Gasteiger partial charge is 0.258 e. The number of carbonyl (C=O) groups is 2. The van der Waals surface area contributed by atoms with Crippen LogP contribution in [0.3, 0.4) is 0 Å². The molecule has 1 aliphatic carbocycles. The second-order valence-corrected chi connectivity index (χ2v) is 7.86. The molecule has 0 spiro atoms. The van der Waals surface area contributed by atoms with Crippen LogP contribution in [0.25, 0.3) is 0 Å². The molecule has 0 saturated heterocycles. The minimum atomic E-state index is -0.304. The molecule has 0 fully saturated rings. The van der Waals surface area contributed by atoms with Crippen molar-refractivity contribution < 1.29 is 23.8 Å². The monoisotopic (exact) mass is 447 g/mol. The molecular formula is C25H25N3O5. The van der Waals surface area contributed by atoms with E-state index in [-0.39, 0.29) is 23.6 Å². The number of anilines is 1. The number of rotatable bonds is 6. The van der Waals surface area contributed by atoms with E-state index in [2.05, 4.69) is 15.3 Å². The number of fused-ring (bicyclic) bond motifs is 1. The first-order valence-corrected chi connectivity index (χ1v) is 10.5. The highest BCUT2D eigenvalue weighted by Crippen LogP contribution is 2.42. The van der Waals surface area contributed by atoms with Gasteiger partial charge in [0.05, 0.1) is 32.6 Å². The van der Waals surface area contributed by atoms with E-state index in [1.54, 1.807) is 33.5 Å². The molecule has 170 valence electrons. The van der Waals surface area contributed by atoms with Gasteiger partial charge in [-0.1, -0.05) is 17.7 Å². The lowest BCUT2D eigenvalue weighted by Gasteiger charge is -2.24. The Morgan fingerprint density at radius 3 is 2.39 bits per heavy atom. The zero-order chi connectivity index (χ0) is 23.5. The van der Waals surface area contributed by atoms with Crippen molar-refractivity contribution in [1.82, 2.24) is 9.97 Å². The van der Waals surface area contributed by atoms with Crippen LogP contribution in [0.4, 0.5) is 5.95 Å². The summed E-state index contributed by atoms with van der Waals surface area (Å²) in [7, 11) is 4.65. The molecule has 0 aliphatic heterocycles. The lowest BCUT2D eigenvalue weighted by atomic mass is 9.82. The highest BCUT2D eigenvalue weighted by atomic mass is 16.5. The zero-order valence-corrected chi connectivity index (χ0v) is 19.0. The van der Waals surface area contributed by atoms with Crippen LogP contribution in [0.5, 0.6) is 17.2 Å². The van der Waals surface area contributed by atoms with Gasteiger partial charge in [0.25, 0.3) is 5.91 Å². The summed E-state index contributed by atoms with van der Waals surface area (Å²) in [6, 6.07) is 11.0. The maximum absolute atomic E-state index is 12.8. The molecule has 3 aromatic rings. The van der Waals surface area contributed by atoms with Gasteiger partial charge in [-0.05, 0) is 49.1 Å². The molecule has 0 unspecified atom stereocenters. The number of carbonyl (C=O) groups excluding carboxylic acids is 2. The number of hydrogen-bond donors (Lipinski definition) is 1. The van der Waals surface area contributed by atoms with Crippen LogP contribution < -0.4 is 19.5 Å². The summed E-state index contributed by atoms with van der Waals surface area (Å²) in [6.07, 6.45) is 2.31. The van der Waals surface area contributed by atoms with Gasteiger partial charge in [-0.2, -0.15) is 0 Å². The molecular weight excluding hydrogens is 422 g/mol. The molecule has 1 N–H and O–H groups in total. The van der Waals surface area contributed by atoms with E-state index in [1.165, 1.54) is 6.20 Å². The number of nitrogens with zero attached hydrogens (tertiary/aromatic N) is 2. The average molecular weight is 447 g/mol. The molecule has 1 aliphatic rings. The molecule has 0 saturated carbocycles. The molecule has 1 atom stereocenters. The second kappa shape index (κ2) is 9.28. The summed E-state index contributed by atoms with van der Waals surface area (Å²) in [5.74, 6) is 1.23. The van der Waals surface area contributed by atoms with E-state index in [1.807, 2.05) is 31.2 Å². The summed E-state index contributed by atoms with van der Waals surface area (Å²) in [6.45, 7) is 1.92. The van der Waals surface area contributed by atoms with Crippen molar-refractivity contribution >= 4 is 17.6 Å². The zero-order valence-electron chi connectivity index (χ0n) is 19.0. The maximum atomic E-state index is 12.8. The van der Waals surface area contributed by atoms with Gasteiger partial charge in [-0.25, -0.2) is 9.97 Å². The van der Waals surface area contributed by atoms with Gasteiger partial charge in [0.2, 0.25) is 11.7 Å². The summed E-state index contributed by atoms with van der Waals surface area (Å²) in [4.78, 5) is 34.1. The number of ether oxygens (including phenoxy) is 3. The maximum Gasteiger partial charge on any atom is 0.258 e. The normalized spacial score (nSPS) is 14.9. The van der Waals surface area contributed by atoms with Gasteiger partial charge in [-0.15, -0.1) is 0 Å². The lowest BCUT2D eigenvalue weighted by Crippen LogP contribution is -2.22. The third-order valence-corrected chi connectivity index (χ3v) is 5.70. The lowest BCUT2D eigenvalue weighted by molar-refractivity contribution is 0.0962. The van der Waals surface area contributed by atoms with Crippen LogP contribution in [0.2, 0.25) is 0 Å². The number of aromatic nitrogens is 2. The van der Waals surface area contributed by atoms with Crippen LogP contribution in [-0.2, 0) is 6.42 Å². The van der Waals surface area contributed by atoms with E-state index in [9.17, 15) is 9.59 Å². The number of Topliss-reactive ketones (excluding diaryl/α,β-unsaturated/α-hetero) is 1. The van der Waals surface area contributed by atoms with Crippen molar-refractivity contribution in [2.75, 3.05) is 26.6 Å². The predicted octanol–water partition coefficient (Wildman–Crippen LogP) is 3.98. The summed E-state index contributed by atoms with van der Waals surface area (Å²) in [5, 5.41) is 2.73. The number of hydrogen-bond acceptors (Lipinski definition) is 7. The first kappa shape index (κ1) is 22.3. The second-order valence-electron chi connectivity index (χ2n) is 7.86. The van der Waals surface area contributed by atoms with E-state index < -0.39 is 0 Å². The minimum Gasteiger partial charge on any atom is -0.493 e. The quantitative estimate of drug-likeness (QED) is 0.610. The van der Waals surface area contributed by atoms with Crippen LogP contribution >= 0.6 is 0 Å². The molecule has 0 radical (unpaired) electrons. The number of ketones is 1. The number of benzene rings is 2. The van der Waals surface area contributed by atoms with Crippen LogP contribution in [0, 0.1) is 6.92 Å². The molecule has 8 heteroatoms. The Balaban J connectivity index is 1.62. The van der Waals surface area contributed by atoms with E-state index >= 15 is 0 Å². The molecule has 1 aromatic heterocycles. The van der Waals surface area contributed by atoms with E-state index in [0.717, 1.165) is 11.1 Å². The molecule has 4 rings (SSSR count). The number of methoxy groups -OCH3 is 3. The fourth-order valence-corrected chi connectivity index (χ4v) is 4.04. The standard InChI is InChI=1S/C25H25N3O5/c1-14-6-5-7-15(8-14)24(30)28-25-26-13-18-19(27-25)9-16(10-20(18)29)17-11-21(31-2)23(33-4)22(12-17)32-3/h5-8,11-13,16H,9-10H2,1-4H3,(H,26,27,28,30)/t16-/m1/s1. The summed E-state index contributed by atoms with van der Waals surface area (Å²) >= 11 is 0. The fraction of sp³-hybridized carbons (Fsp3) is 0.280. The highest BCUT2D eigenvalue weighted by Gasteiger charge is 2.30. The SMILES string of the molecule is COc1cc([C@H]2CC(=O)c3cnc(NC(=O)c4cccc(C)c4)nc3C2)cc(OC)c1OC. The Kier molecular flexibility index (Phi) is 6.26. The Morgan fingerprint density at radius 1 is 1.03 bits per heavy atom. The van der Waals surface area contributed by atoms with Crippen molar-refractivity contribution in [1.29, 1.82) is 0 Å². The molecule has 0 bridgehead atoms. The van der Waals surface area contributed by atoms with Gasteiger partial charge < -0.3 is 14.2 Å². The van der Waals surface area contributed by atoms with Gasteiger partial charge in [-0.3, -0.25) is 14.9 Å². The number of nitrogens with one attached hydrogen (secondary N) is 1. The molecule has 8 nitrogen and oxygen atoms in total. The van der Waals surface area contributed by atoms with Gasteiger partial charge in [0.1, 0.15) is 0 Å². The van der Waals surface area contributed by atoms with Crippen molar-refractivity contribution in [3.63, 3.8) is 0 Å². The summed E-state index contributed by atoms with van der Waals surface area (Å²) in [5.41, 5.74) is 3.45. The van der Waals surface area contributed by atoms with Gasteiger partial charge in [0.15, 0.2) is 17.3 Å². The molecule has 1 amide bonds. The van der Waals surface area contributed by atoms with Crippen LogP contribution in [0.1, 0.15) is 49.9 Å². The largest absolute Gasteiger partial charge is 0.493 e. The highest BCUT2D eigenvalue weighted by molar-refractivity contribution is 6.03. The minimum absolute atomic E-state index is 0.0495. The average Bonchev–Trinajstić information content (AvgIpc) is 2.82. The van der Waals surface area contributed by atoms with Crippen LogP contribution in [-0.4, -0.2) is 43.0 Å². The predicted molar refractivity (Wildman–Crippen MR) is 123 cm³/mol. The van der Waals surface area contributed by atoms with E-state index in [0.29, 0.717) is 46.9 Å². The van der Waals surface area contributed by atoms with Crippen molar-refractivity contribution in [2.45, 2.75) is 25.7 Å². The number of amides is 1. The summed E-state index contributed by atoms with van der Waals surface area (Å²) < 4.78 is 16.3. The van der Waals surface area contributed by atoms with Crippen molar-refractivity contribution in [2.24, 2.45) is 0 Å². The third-order valence-electron chi connectivity index (χ3n) is 5.70. The topological polar surface area (TPSA) is 99.6 Å². The Labute approximate surface area is 191 Å². The molecule has 1 heterocycles. The molecule has 33 heavy (non-hydrogen) atoms. The Morgan fingerprint density at radius 2 is 1.76 bits per heavy atom. The first-order chi connectivity index (χ1) is 15.9. The Hall–Kier alpha value is -3.94. The van der Waals surface area contributed by atoms with Crippen molar-refractivity contribution in [3.8, 4) is 17.2 Å². The van der Waals surface area contributed by atoms with E-state index in [4.69, 9.17) is 14.2 Å². The first-order valence-electron chi connectivity index (χ1n) is 10.5.